The number of carbonyl (C=O) groups is 1. The van der Waals surface area contributed by atoms with Crippen molar-refractivity contribution >= 4 is 5.91 Å². The lowest BCUT2D eigenvalue weighted by molar-refractivity contribution is -0.122. The molecule has 1 heterocycles. The minimum atomic E-state index is 0.189. The number of allylic oxidation sites excluding steroid dienone is 1. The first-order valence-corrected chi connectivity index (χ1v) is 3.75. The van der Waals surface area contributed by atoms with Crippen LogP contribution in [0.3, 0.4) is 0 Å². The van der Waals surface area contributed by atoms with Crippen molar-refractivity contribution in [1.29, 1.82) is 0 Å². The van der Waals surface area contributed by atoms with Crippen LogP contribution < -0.4 is 5.32 Å². The third-order valence-electron chi connectivity index (χ3n) is 1.69. The van der Waals surface area contributed by atoms with Crippen LogP contribution in [0.25, 0.3) is 0 Å². The Bertz CT molecular complexity index is 151. The molecule has 0 aromatic heterocycles. The Morgan fingerprint density at radius 1 is 1.70 bits per heavy atom. The fourth-order valence-electron chi connectivity index (χ4n) is 1.21. The predicted octanol–water partition coefficient (Wildman–Crippen LogP) is 1.23. The first kappa shape index (κ1) is 7.32. The van der Waals surface area contributed by atoms with Crippen molar-refractivity contribution < 1.29 is 4.79 Å². The van der Waals surface area contributed by atoms with Gasteiger partial charge in [0.25, 0.3) is 0 Å². The summed E-state index contributed by atoms with van der Waals surface area (Å²) >= 11 is 0. The van der Waals surface area contributed by atoms with Gasteiger partial charge in [-0.2, -0.15) is 0 Å². The van der Waals surface area contributed by atoms with Gasteiger partial charge in [0.15, 0.2) is 0 Å². The van der Waals surface area contributed by atoms with Crippen LogP contribution in [-0.2, 0) is 4.79 Å². The summed E-state index contributed by atoms with van der Waals surface area (Å²) in [6, 6.07) is 0.297. The molecule has 0 aliphatic carbocycles. The van der Waals surface area contributed by atoms with Gasteiger partial charge in [-0.05, 0) is 19.8 Å². The first-order valence-electron chi connectivity index (χ1n) is 3.75. The van der Waals surface area contributed by atoms with Gasteiger partial charge in [-0.25, -0.2) is 0 Å². The molecule has 1 atom stereocenters. The average Bonchev–Trinajstić information content (AvgIpc) is 1.88. The van der Waals surface area contributed by atoms with Crippen LogP contribution in [0.1, 0.15) is 26.2 Å². The summed E-state index contributed by atoms with van der Waals surface area (Å²) in [6.45, 7) is 1.97. The first-order chi connectivity index (χ1) is 4.83. The maximum absolute atomic E-state index is 10.8. The molecular formula is C8H13NO. The molecule has 1 fully saturated rings. The molecule has 2 heteroatoms. The zero-order valence-corrected chi connectivity index (χ0v) is 6.26. The quantitative estimate of drug-likeness (QED) is 0.544. The molecule has 0 aromatic carbocycles. The molecule has 1 aliphatic heterocycles. The lowest BCUT2D eigenvalue weighted by atomic mass is 10.0. The van der Waals surface area contributed by atoms with Crippen molar-refractivity contribution in [3.05, 3.63) is 12.2 Å². The van der Waals surface area contributed by atoms with E-state index >= 15 is 0 Å². The fraction of sp³-hybridized carbons (Fsp3) is 0.625. The van der Waals surface area contributed by atoms with Crippen molar-refractivity contribution in [3.63, 3.8) is 0 Å². The molecule has 10 heavy (non-hydrogen) atoms. The van der Waals surface area contributed by atoms with E-state index in [0.717, 1.165) is 12.8 Å². The summed E-state index contributed by atoms with van der Waals surface area (Å²) in [6.07, 6.45) is 6.85. The summed E-state index contributed by atoms with van der Waals surface area (Å²) in [4.78, 5) is 10.8. The van der Waals surface area contributed by atoms with E-state index in [4.69, 9.17) is 0 Å². The second kappa shape index (κ2) is 3.40. The SMILES string of the molecule is C/C=C/C1CCCC(=O)N1. The molecule has 56 valence electrons. The second-order valence-electron chi connectivity index (χ2n) is 2.59. The summed E-state index contributed by atoms with van der Waals surface area (Å²) in [7, 11) is 0. The molecule has 2 nitrogen and oxygen atoms in total. The molecule has 1 saturated heterocycles. The molecule has 1 unspecified atom stereocenters. The third-order valence-corrected chi connectivity index (χ3v) is 1.69. The molecule has 1 rings (SSSR count). The number of piperidine rings is 1. The lowest BCUT2D eigenvalue weighted by Gasteiger charge is -2.19. The highest BCUT2D eigenvalue weighted by Gasteiger charge is 2.14. The fourth-order valence-corrected chi connectivity index (χ4v) is 1.21. The summed E-state index contributed by atoms with van der Waals surface area (Å²) < 4.78 is 0. The Labute approximate surface area is 61.3 Å². The largest absolute Gasteiger partial charge is 0.350 e. The van der Waals surface area contributed by atoms with Crippen LogP contribution in [0.2, 0.25) is 0 Å². The maximum Gasteiger partial charge on any atom is 0.220 e. The Morgan fingerprint density at radius 3 is 3.10 bits per heavy atom. The van der Waals surface area contributed by atoms with Crippen molar-refractivity contribution in [1.82, 2.24) is 5.32 Å². The Balaban J connectivity index is 2.39. The molecule has 0 radical (unpaired) electrons. The highest BCUT2D eigenvalue weighted by Crippen LogP contribution is 2.08. The molecule has 1 N–H and O–H groups in total. The van der Waals surface area contributed by atoms with Crippen LogP contribution in [0.15, 0.2) is 12.2 Å². The van der Waals surface area contributed by atoms with Crippen LogP contribution in [0.5, 0.6) is 0 Å². The number of rotatable bonds is 1. The van der Waals surface area contributed by atoms with Gasteiger partial charge in [0.1, 0.15) is 0 Å². The maximum atomic E-state index is 10.8. The minimum Gasteiger partial charge on any atom is -0.350 e. The van der Waals surface area contributed by atoms with E-state index in [1.54, 1.807) is 0 Å². The standard InChI is InChI=1S/C8H13NO/c1-2-4-7-5-3-6-8(10)9-7/h2,4,7H,3,5-6H2,1H3,(H,9,10)/b4-2+. The topological polar surface area (TPSA) is 29.1 Å². The molecule has 0 saturated carbocycles. The number of hydrogen-bond donors (Lipinski definition) is 1. The molecule has 1 aliphatic rings. The van der Waals surface area contributed by atoms with Gasteiger partial charge in [0, 0.05) is 12.5 Å². The molecule has 0 spiro atoms. The Hall–Kier alpha value is -0.790. The summed E-state index contributed by atoms with van der Waals surface area (Å²) in [5, 5.41) is 2.89. The number of amides is 1. The monoisotopic (exact) mass is 139 g/mol. The Morgan fingerprint density at radius 2 is 2.50 bits per heavy atom. The number of carbonyl (C=O) groups excluding carboxylic acids is 1. The zero-order valence-electron chi connectivity index (χ0n) is 6.26. The van der Waals surface area contributed by atoms with Gasteiger partial charge in [-0.15, -0.1) is 0 Å². The third kappa shape index (κ3) is 1.87. The van der Waals surface area contributed by atoms with Gasteiger partial charge in [0.05, 0.1) is 0 Å². The smallest absolute Gasteiger partial charge is 0.220 e. The van der Waals surface area contributed by atoms with Crippen molar-refractivity contribution in [2.24, 2.45) is 0 Å². The summed E-state index contributed by atoms with van der Waals surface area (Å²) in [5.41, 5.74) is 0. The highest BCUT2D eigenvalue weighted by atomic mass is 16.1. The van der Waals surface area contributed by atoms with Crippen molar-refractivity contribution in [2.75, 3.05) is 0 Å². The van der Waals surface area contributed by atoms with Gasteiger partial charge in [-0.1, -0.05) is 12.2 Å². The molecular weight excluding hydrogens is 126 g/mol. The van der Waals surface area contributed by atoms with Crippen LogP contribution in [0.4, 0.5) is 0 Å². The number of hydrogen-bond acceptors (Lipinski definition) is 1. The number of nitrogens with one attached hydrogen (secondary N) is 1. The minimum absolute atomic E-state index is 0.189. The van der Waals surface area contributed by atoms with E-state index in [1.807, 2.05) is 19.1 Å². The van der Waals surface area contributed by atoms with E-state index in [9.17, 15) is 4.79 Å². The van der Waals surface area contributed by atoms with Gasteiger partial charge >= 0.3 is 0 Å². The van der Waals surface area contributed by atoms with Crippen LogP contribution >= 0.6 is 0 Å². The van der Waals surface area contributed by atoms with E-state index in [1.165, 1.54) is 0 Å². The zero-order chi connectivity index (χ0) is 7.40. The predicted molar refractivity (Wildman–Crippen MR) is 40.6 cm³/mol. The second-order valence-corrected chi connectivity index (χ2v) is 2.59. The van der Waals surface area contributed by atoms with Crippen molar-refractivity contribution in [2.45, 2.75) is 32.2 Å². The van der Waals surface area contributed by atoms with Gasteiger partial charge < -0.3 is 5.32 Å². The summed E-state index contributed by atoms with van der Waals surface area (Å²) in [5.74, 6) is 0.189. The Kier molecular flexibility index (Phi) is 2.49. The lowest BCUT2D eigenvalue weighted by Crippen LogP contribution is -2.37. The van der Waals surface area contributed by atoms with Crippen LogP contribution in [-0.4, -0.2) is 11.9 Å². The molecule has 1 amide bonds. The van der Waals surface area contributed by atoms with E-state index in [2.05, 4.69) is 5.32 Å². The molecule has 0 bridgehead atoms. The molecule has 0 aromatic rings. The normalized spacial score (nSPS) is 26.9. The highest BCUT2D eigenvalue weighted by molar-refractivity contribution is 5.77. The van der Waals surface area contributed by atoms with E-state index in [-0.39, 0.29) is 5.91 Å². The average molecular weight is 139 g/mol. The van der Waals surface area contributed by atoms with Gasteiger partial charge in [-0.3, -0.25) is 4.79 Å². The van der Waals surface area contributed by atoms with E-state index < -0.39 is 0 Å². The van der Waals surface area contributed by atoms with E-state index in [0.29, 0.717) is 12.5 Å². The van der Waals surface area contributed by atoms with Crippen molar-refractivity contribution in [3.8, 4) is 0 Å². The van der Waals surface area contributed by atoms with Crippen LogP contribution in [0, 0.1) is 0 Å². The van der Waals surface area contributed by atoms with Gasteiger partial charge in [0.2, 0.25) is 5.91 Å².